The molecule has 0 saturated carbocycles. The second kappa shape index (κ2) is 6.83. The van der Waals surface area contributed by atoms with Crippen molar-refractivity contribution < 1.29 is 9.53 Å². The molecule has 4 rings (SSSR count). The highest BCUT2D eigenvalue weighted by atomic mass is 16.5. The predicted octanol–water partition coefficient (Wildman–Crippen LogP) is 1.93. The molecule has 27 heavy (non-hydrogen) atoms. The predicted molar refractivity (Wildman–Crippen MR) is 101 cm³/mol. The Kier molecular flexibility index (Phi) is 4.35. The average Bonchev–Trinajstić information content (AvgIpc) is 3.13. The van der Waals surface area contributed by atoms with Gasteiger partial charge in [-0.2, -0.15) is 0 Å². The van der Waals surface area contributed by atoms with E-state index in [1.807, 2.05) is 19.1 Å². The lowest BCUT2D eigenvalue weighted by Crippen LogP contribution is -2.31. The van der Waals surface area contributed by atoms with Gasteiger partial charge in [0.2, 0.25) is 0 Å². The molecule has 0 radical (unpaired) electrons. The van der Waals surface area contributed by atoms with E-state index in [4.69, 9.17) is 4.74 Å². The lowest BCUT2D eigenvalue weighted by atomic mass is 10.1. The maximum Gasteiger partial charge on any atom is 0.254 e. The van der Waals surface area contributed by atoms with E-state index in [-0.39, 0.29) is 17.6 Å². The molecule has 1 aromatic carbocycles. The van der Waals surface area contributed by atoms with Gasteiger partial charge in [-0.1, -0.05) is 0 Å². The molecule has 1 amide bonds. The Hall–Kier alpha value is -3.22. The standard InChI is InChI=1S/C20H20N4O3/c1-13-9-16(11-19(25)23(13)2)27-15-5-8-24(12-15)20(26)14-3-4-17-18(10-14)22-7-6-21-17/h3-4,6-7,9-11,15H,5,8,12H2,1-2H3. The van der Waals surface area contributed by atoms with E-state index in [0.29, 0.717) is 29.9 Å². The summed E-state index contributed by atoms with van der Waals surface area (Å²) in [6, 6.07) is 8.68. The lowest BCUT2D eigenvalue weighted by molar-refractivity contribution is 0.0772. The van der Waals surface area contributed by atoms with Crippen LogP contribution in [0.5, 0.6) is 5.75 Å². The Bertz CT molecular complexity index is 1080. The SMILES string of the molecule is Cc1cc(OC2CCN(C(=O)c3ccc4nccnc4c3)C2)cc(=O)n1C. The second-order valence-electron chi connectivity index (χ2n) is 6.77. The number of ether oxygens (including phenoxy) is 1. The molecule has 7 heteroatoms. The number of rotatable bonds is 3. The van der Waals surface area contributed by atoms with Crippen molar-refractivity contribution >= 4 is 16.9 Å². The number of nitrogens with zero attached hydrogens (tertiary/aromatic N) is 4. The Balaban J connectivity index is 1.47. The topological polar surface area (TPSA) is 77.3 Å². The largest absolute Gasteiger partial charge is 0.488 e. The number of carbonyl (C=O) groups is 1. The quantitative estimate of drug-likeness (QED) is 0.710. The molecule has 1 aliphatic heterocycles. The van der Waals surface area contributed by atoms with Crippen molar-refractivity contribution in [1.29, 1.82) is 0 Å². The molecule has 3 heterocycles. The lowest BCUT2D eigenvalue weighted by Gasteiger charge is -2.18. The molecule has 2 aromatic heterocycles. The highest BCUT2D eigenvalue weighted by molar-refractivity contribution is 5.97. The van der Waals surface area contributed by atoms with Gasteiger partial charge in [-0.15, -0.1) is 0 Å². The van der Waals surface area contributed by atoms with Crippen LogP contribution in [0.25, 0.3) is 11.0 Å². The van der Waals surface area contributed by atoms with Crippen LogP contribution in [0, 0.1) is 6.92 Å². The fourth-order valence-corrected chi connectivity index (χ4v) is 3.28. The van der Waals surface area contributed by atoms with Gasteiger partial charge in [0.25, 0.3) is 11.5 Å². The zero-order valence-electron chi connectivity index (χ0n) is 15.3. The van der Waals surface area contributed by atoms with E-state index in [9.17, 15) is 9.59 Å². The molecule has 0 aliphatic carbocycles. The van der Waals surface area contributed by atoms with Gasteiger partial charge in [-0.25, -0.2) is 0 Å². The van der Waals surface area contributed by atoms with E-state index >= 15 is 0 Å². The maximum absolute atomic E-state index is 12.8. The summed E-state index contributed by atoms with van der Waals surface area (Å²) in [5.74, 6) is 0.504. The minimum absolute atomic E-state index is 0.0474. The minimum atomic E-state index is -0.124. The molecule has 1 atom stereocenters. The van der Waals surface area contributed by atoms with E-state index in [1.165, 1.54) is 6.07 Å². The Morgan fingerprint density at radius 2 is 1.93 bits per heavy atom. The molecule has 3 aromatic rings. The van der Waals surface area contributed by atoms with Crippen LogP contribution in [0.3, 0.4) is 0 Å². The zero-order valence-corrected chi connectivity index (χ0v) is 15.3. The van der Waals surface area contributed by atoms with Crippen LogP contribution in [0.2, 0.25) is 0 Å². The summed E-state index contributed by atoms with van der Waals surface area (Å²) >= 11 is 0. The summed E-state index contributed by atoms with van der Waals surface area (Å²) in [7, 11) is 1.73. The molecule has 7 nitrogen and oxygen atoms in total. The Morgan fingerprint density at radius 1 is 1.15 bits per heavy atom. The van der Waals surface area contributed by atoms with Crippen LogP contribution in [0.1, 0.15) is 22.5 Å². The average molecular weight is 364 g/mol. The number of carbonyl (C=O) groups excluding carboxylic acids is 1. The number of aryl methyl sites for hydroxylation is 1. The summed E-state index contributed by atoms with van der Waals surface area (Å²) in [6.45, 7) is 2.97. The van der Waals surface area contributed by atoms with Gasteiger partial charge in [0.1, 0.15) is 11.9 Å². The number of hydrogen-bond donors (Lipinski definition) is 0. The minimum Gasteiger partial charge on any atom is -0.488 e. The van der Waals surface area contributed by atoms with Crippen LogP contribution in [-0.2, 0) is 7.05 Å². The van der Waals surface area contributed by atoms with Gasteiger partial charge in [0.05, 0.1) is 17.6 Å². The molecular weight excluding hydrogens is 344 g/mol. The monoisotopic (exact) mass is 364 g/mol. The summed E-state index contributed by atoms with van der Waals surface area (Å²) in [6.07, 6.45) is 3.85. The van der Waals surface area contributed by atoms with Crippen LogP contribution in [0.15, 0.2) is 47.5 Å². The molecular formula is C20H20N4O3. The van der Waals surface area contributed by atoms with E-state index in [1.54, 1.807) is 41.0 Å². The third-order valence-corrected chi connectivity index (χ3v) is 4.93. The molecule has 138 valence electrons. The van der Waals surface area contributed by atoms with Crippen LogP contribution in [-0.4, -0.2) is 44.5 Å². The molecule has 0 spiro atoms. The van der Waals surface area contributed by atoms with Crippen molar-refractivity contribution in [2.75, 3.05) is 13.1 Å². The van der Waals surface area contributed by atoms with E-state index in [0.717, 1.165) is 17.6 Å². The van der Waals surface area contributed by atoms with Crippen molar-refractivity contribution in [3.63, 3.8) is 0 Å². The van der Waals surface area contributed by atoms with Crippen molar-refractivity contribution in [3.8, 4) is 5.75 Å². The van der Waals surface area contributed by atoms with E-state index in [2.05, 4.69) is 9.97 Å². The number of likely N-dealkylation sites (tertiary alicyclic amines) is 1. The van der Waals surface area contributed by atoms with Gasteiger partial charge in [-0.05, 0) is 31.2 Å². The first kappa shape index (κ1) is 17.2. The molecule has 1 aliphatic rings. The number of amides is 1. The number of hydrogen-bond acceptors (Lipinski definition) is 5. The summed E-state index contributed by atoms with van der Waals surface area (Å²) < 4.78 is 7.52. The zero-order chi connectivity index (χ0) is 19.0. The van der Waals surface area contributed by atoms with Gasteiger partial charge in [0, 0.05) is 49.7 Å². The normalized spacial score (nSPS) is 16.7. The molecule has 1 saturated heterocycles. The fourth-order valence-electron chi connectivity index (χ4n) is 3.28. The van der Waals surface area contributed by atoms with Gasteiger partial charge in [0.15, 0.2) is 0 Å². The fraction of sp³-hybridized carbons (Fsp3) is 0.300. The Labute approximate surface area is 156 Å². The second-order valence-corrected chi connectivity index (χ2v) is 6.77. The van der Waals surface area contributed by atoms with Crippen molar-refractivity contribution in [1.82, 2.24) is 19.4 Å². The first-order valence-corrected chi connectivity index (χ1v) is 8.85. The molecule has 1 fully saturated rings. The van der Waals surface area contributed by atoms with Crippen LogP contribution < -0.4 is 10.3 Å². The third kappa shape index (κ3) is 3.40. The number of fused-ring (bicyclic) bond motifs is 1. The third-order valence-electron chi connectivity index (χ3n) is 4.93. The van der Waals surface area contributed by atoms with Gasteiger partial charge >= 0.3 is 0 Å². The molecule has 0 bridgehead atoms. The van der Waals surface area contributed by atoms with Crippen LogP contribution >= 0.6 is 0 Å². The van der Waals surface area contributed by atoms with Gasteiger partial charge in [-0.3, -0.25) is 19.6 Å². The number of aromatic nitrogens is 3. The summed E-state index contributed by atoms with van der Waals surface area (Å²) in [4.78, 5) is 35.0. The van der Waals surface area contributed by atoms with E-state index < -0.39 is 0 Å². The maximum atomic E-state index is 12.8. The summed E-state index contributed by atoms with van der Waals surface area (Å²) in [5, 5.41) is 0. The number of benzene rings is 1. The van der Waals surface area contributed by atoms with Gasteiger partial charge < -0.3 is 14.2 Å². The smallest absolute Gasteiger partial charge is 0.254 e. The highest BCUT2D eigenvalue weighted by Gasteiger charge is 2.28. The van der Waals surface area contributed by atoms with Crippen molar-refractivity contribution in [2.45, 2.75) is 19.4 Å². The Morgan fingerprint density at radius 3 is 2.70 bits per heavy atom. The van der Waals surface area contributed by atoms with Crippen molar-refractivity contribution in [2.24, 2.45) is 7.05 Å². The first-order valence-electron chi connectivity index (χ1n) is 8.85. The molecule has 1 unspecified atom stereocenters. The van der Waals surface area contributed by atoms with Crippen molar-refractivity contribution in [3.05, 3.63) is 64.3 Å². The van der Waals surface area contributed by atoms with Crippen LogP contribution in [0.4, 0.5) is 0 Å². The summed E-state index contributed by atoms with van der Waals surface area (Å²) in [5.41, 5.74) is 2.78. The highest BCUT2D eigenvalue weighted by Crippen LogP contribution is 2.21. The number of pyridine rings is 1. The molecule has 0 N–H and O–H groups in total. The first-order chi connectivity index (χ1) is 13.0.